The highest BCUT2D eigenvalue weighted by Crippen LogP contribution is 2.13. The first-order valence-electron chi connectivity index (χ1n) is 6.49. The average Bonchev–Trinajstić information content (AvgIpc) is 2.47. The molecule has 2 aromatic rings. The van der Waals surface area contributed by atoms with Crippen LogP contribution in [0.4, 0.5) is 10.1 Å². The van der Waals surface area contributed by atoms with E-state index < -0.39 is 0 Å². The molecule has 0 spiro atoms. The van der Waals surface area contributed by atoms with Crippen molar-refractivity contribution >= 4 is 11.6 Å². The largest absolute Gasteiger partial charge is 0.374 e. The maximum atomic E-state index is 13.4. The standard InChI is InChI=1S/C16H17FN2O/c1-12(13-7-3-2-4-8-13)19-16(20)11-18-15-10-6-5-9-14(15)17/h2-10,12,18H,11H2,1H3,(H,19,20)/t12-/m0/s1. The summed E-state index contributed by atoms with van der Waals surface area (Å²) in [6.07, 6.45) is 0. The van der Waals surface area contributed by atoms with Crippen molar-refractivity contribution in [3.63, 3.8) is 0 Å². The third-order valence-corrected chi connectivity index (χ3v) is 2.99. The first-order valence-corrected chi connectivity index (χ1v) is 6.49. The van der Waals surface area contributed by atoms with E-state index in [0.717, 1.165) is 5.56 Å². The second-order valence-electron chi connectivity index (χ2n) is 4.53. The van der Waals surface area contributed by atoms with Crippen molar-refractivity contribution in [2.24, 2.45) is 0 Å². The van der Waals surface area contributed by atoms with E-state index in [9.17, 15) is 9.18 Å². The molecule has 0 unspecified atom stereocenters. The molecule has 0 aliphatic carbocycles. The van der Waals surface area contributed by atoms with Gasteiger partial charge in [0.15, 0.2) is 0 Å². The normalized spacial score (nSPS) is 11.7. The van der Waals surface area contributed by atoms with Gasteiger partial charge in [0.2, 0.25) is 5.91 Å². The van der Waals surface area contributed by atoms with E-state index in [1.54, 1.807) is 18.2 Å². The fourth-order valence-corrected chi connectivity index (χ4v) is 1.90. The predicted molar refractivity (Wildman–Crippen MR) is 77.9 cm³/mol. The van der Waals surface area contributed by atoms with Gasteiger partial charge in [-0.1, -0.05) is 42.5 Å². The predicted octanol–water partition coefficient (Wildman–Crippen LogP) is 3.12. The lowest BCUT2D eigenvalue weighted by Gasteiger charge is -2.15. The summed E-state index contributed by atoms with van der Waals surface area (Å²) in [7, 11) is 0. The summed E-state index contributed by atoms with van der Waals surface area (Å²) < 4.78 is 13.4. The Kier molecular flexibility index (Phi) is 4.71. The molecule has 3 nitrogen and oxygen atoms in total. The molecule has 2 N–H and O–H groups in total. The van der Waals surface area contributed by atoms with Gasteiger partial charge in [-0.25, -0.2) is 4.39 Å². The first kappa shape index (κ1) is 14.1. The molecule has 0 fully saturated rings. The van der Waals surface area contributed by atoms with Crippen molar-refractivity contribution in [3.8, 4) is 0 Å². The van der Waals surface area contributed by atoms with Gasteiger partial charge in [-0.05, 0) is 24.6 Å². The van der Waals surface area contributed by atoms with Crippen molar-refractivity contribution in [2.75, 3.05) is 11.9 Å². The number of hydrogen-bond donors (Lipinski definition) is 2. The van der Waals surface area contributed by atoms with Crippen LogP contribution in [0.2, 0.25) is 0 Å². The molecule has 0 saturated heterocycles. The van der Waals surface area contributed by atoms with Crippen LogP contribution in [0.25, 0.3) is 0 Å². The highest BCUT2D eigenvalue weighted by atomic mass is 19.1. The molecule has 0 radical (unpaired) electrons. The third-order valence-electron chi connectivity index (χ3n) is 2.99. The number of anilines is 1. The van der Waals surface area contributed by atoms with Crippen LogP contribution in [0.15, 0.2) is 54.6 Å². The Labute approximate surface area is 117 Å². The minimum atomic E-state index is -0.364. The maximum Gasteiger partial charge on any atom is 0.239 e. The third kappa shape index (κ3) is 3.82. The minimum absolute atomic E-state index is 0.0398. The van der Waals surface area contributed by atoms with Crippen LogP contribution in [-0.4, -0.2) is 12.5 Å². The van der Waals surface area contributed by atoms with Gasteiger partial charge in [0.1, 0.15) is 5.82 Å². The van der Waals surface area contributed by atoms with Crippen molar-refractivity contribution in [2.45, 2.75) is 13.0 Å². The van der Waals surface area contributed by atoms with E-state index in [4.69, 9.17) is 0 Å². The summed E-state index contributed by atoms with van der Waals surface area (Å²) in [5.41, 5.74) is 1.36. The Hall–Kier alpha value is -2.36. The van der Waals surface area contributed by atoms with Gasteiger partial charge in [0.05, 0.1) is 18.3 Å². The number of rotatable bonds is 5. The van der Waals surface area contributed by atoms with Crippen LogP contribution in [0.1, 0.15) is 18.5 Å². The number of nitrogens with one attached hydrogen (secondary N) is 2. The number of halogens is 1. The summed E-state index contributed by atoms with van der Waals surface area (Å²) in [6, 6.07) is 15.9. The van der Waals surface area contributed by atoms with E-state index in [1.807, 2.05) is 37.3 Å². The fraction of sp³-hybridized carbons (Fsp3) is 0.188. The Morgan fingerprint density at radius 1 is 1.10 bits per heavy atom. The van der Waals surface area contributed by atoms with Crippen LogP contribution in [0.3, 0.4) is 0 Å². The van der Waals surface area contributed by atoms with Gasteiger partial charge >= 0.3 is 0 Å². The Balaban J connectivity index is 1.86. The molecule has 1 amide bonds. The van der Waals surface area contributed by atoms with Gasteiger partial charge in [-0.15, -0.1) is 0 Å². The Bertz CT molecular complexity index is 572. The lowest BCUT2D eigenvalue weighted by atomic mass is 10.1. The Morgan fingerprint density at radius 3 is 2.45 bits per heavy atom. The second-order valence-corrected chi connectivity index (χ2v) is 4.53. The summed E-state index contributed by atoms with van der Waals surface area (Å²) in [5, 5.41) is 5.64. The summed E-state index contributed by atoms with van der Waals surface area (Å²) >= 11 is 0. The number of carbonyl (C=O) groups excluding carboxylic acids is 1. The molecule has 1 atom stereocenters. The minimum Gasteiger partial charge on any atom is -0.374 e. The molecule has 0 aromatic heterocycles. The fourth-order valence-electron chi connectivity index (χ4n) is 1.90. The smallest absolute Gasteiger partial charge is 0.239 e. The zero-order chi connectivity index (χ0) is 14.4. The molecule has 0 aliphatic heterocycles. The molecule has 104 valence electrons. The number of hydrogen-bond acceptors (Lipinski definition) is 2. The summed E-state index contributed by atoms with van der Waals surface area (Å²) in [5.74, 6) is -0.541. The van der Waals surface area contributed by atoms with E-state index in [0.29, 0.717) is 5.69 Å². The van der Waals surface area contributed by atoms with Gasteiger partial charge in [-0.2, -0.15) is 0 Å². The van der Waals surface area contributed by atoms with Crippen LogP contribution in [0.5, 0.6) is 0 Å². The Morgan fingerprint density at radius 2 is 1.75 bits per heavy atom. The number of para-hydroxylation sites is 1. The summed E-state index contributed by atoms with van der Waals surface area (Å²) in [6.45, 7) is 1.95. The zero-order valence-electron chi connectivity index (χ0n) is 11.3. The second kappa shape index (κ2) is 6.70. The number of carbonyl (C=O) groups is 1. The molecule has 0 bridgehead atoms. The van der Waals surface area contributed by atoms with Gasteiger partial charge in [0, 0.05) is 0 Å². The van der Waals surface area contributed by atoms with Crippen molar-refractivity contribution in [1.82, 2.24) is 5.32 Å². The molecular weight excluding hydrogens is 255 g/mol. The molecule has 2 rings (SSSR count). The quantitative estimate of drug-likeness (QED) is 0.878. The van der Waals surface area contributed by atoms with Gasteiger partial charge in [0.25, 0.3) is 0 Å². The van der Waals surface area contributed by atoms with Crippen LogP contribution >= 0.6 is 0 Å². The molecule has 2 aromatic carbocycles. The lowest BCUT2D eigenvalue weighted by molar-refractivity contribution is -0.120. The average molecular weight is 272 g/mol. The van der Waals surface area contributed by atoms with Crippen LogP contribution < -0.4 is 10.6 Å². The van der Waals surface area contributed by atoms with Crippen LogP contribution in [-0.2, 0) is 4.79 Å². The van der Waals surface area contributed by atoms with Crippen molar-refractivity contribution in [3.05, 3.63) is 66.0 Å². The highest BCUT2D eigenvalue weighted by molar-refractivity contribution is 5.81. The SMILES string of the molecule is C[C@H](NC(=O)CNc1ccccc1F)c1ccccc1. The molecule has 0 aliphatic rings. The molecule has 0 heterocycles. The van der Waals surface area contributed by atoms with Crippen LogP contribution in [0, 0.1) is 5.82 Å². The van der Waals surface area contributed by atoms with Gasteiger partial charge < -0.3 is 10.6 Å². The van der Waals surface area contributed by atoms with E-state index >= 15 is 0 Å². The van der Waals surface area contributed by atoms with Gasteiger partial charge in [-0.3, -0.25) is 4.79 Å². The monoisotopic (exact) mass is 272 g/mol. The summed E-state index contributed by atoms with van der Waals surface area (Å²) in [4.78, 5) is 11.8. The number of benzene rings is 2. The molecule has 0 saturated carbocycles. The molecule has 20 heavy (non-hydrogen) atoms. The first-order chi connectivity index (χ1) is 9.66. The maximum absolute atomic E-state index is 13.4. The zero-order valence-corrected chi connectivity index (χ0v) is 11.3. The number of amides is 1. The lowest BCUT2D eigenvalue weighted by Crippen LogP contribution is -2.32. The van der Waals surface area contributed by atoms with Crippen molar-refractivity contribution < 1.29 is 9.18 Å². The topological polar surface area (TPSA) is 41.1 Å². The van der Waals surface area contributed by atoms with Crippen molar-refractivity contribution in [1.29, 1.82) is 0 Å². The molecular formula is C16H17FN2O. The molecule has 4 heteroatoms. The highest BCUT2D eigenvalue weighted by Gasteiger charge is 2.09. The van der Waals surface area contributed by atoms with E-state index in [-0.39, 0.29) is 24.3 Å². The van der Waals surface area contributed by atoms with E-state index in [1.165, 1.54) is 6.07 Å². The van der Waals surface area contributed by atoms with E-state index in [2.05, 4.69) is 10.6 Å².